The highest BCUT2D eigenvalue weighted by Gasteiger charge is 2.52. The van der Waals surface area contributed by atoms with Gasteiger partial charge in [0.2, 0.25) is 5.91 Å². The van der Waals surface area contributed by atoms with Gasteiger partial charge < -0.3 is 9.73 Å². The van der Waals surface area contributed by atoms with Crippen LogP contribution < -0.4 is 10.9 Å². The van der Waals surface area contributed by atoms with Crippen molar-refractivity contribution in [2.45, 2.75) is 5.41 Å². The van der Waals surface area contributed by atoms with Crippen molar-refractivity contribution in [2.24, 2.45) is 0 Å². The van der Waals surface area contributed by atoms with Crippen LogP contribution in [0.3, 0.4) is 0 Å². The zero-order valence-electron chi connectivity index (χ0n) is 14.3. The first-order valence-corrected chi connectivity index (χ1v) is 8.72. The van der Waals surface area contributed by atoms with Gasteiger partial charge >= 0.3 is 5.63 Å². The summed E-state index contributed by atoms with van der Waals surface area (Å²) in [5.74, 6) is -0.251. The molecule has 0 radical (unpaired) electrons. The van der Waals surface area contributed by atoms with Crippen LogP contribution in [0.4, 0.5) is 5.69 Å². The van der Waals surface area contributed by atoms with E-state index in [1.54, 1.807) is 12.1 Å². The molecule has 1 aliphatic heterocycles. The maximum Gasteiger partial charge on any atom is 0.343 e. The van der Waals surface area contributed by atoms with Crippen LogP contribution in [-0.4, -0.2) is 5.91 Å². The lowest BCUT2D eigenvalue weighted by Crippen LogP contribution is -2.39. The Bertz CT molecular complexity index is 1190. The molecule has 0 spiro atoms. The molecule has 4 nitrogen and oxygen atoms in total. The molecule has 0 aliphatic carbocycles. The van der Waals surface area contributed by atoms with Crippen molar-refractivity contribution in [1.82, 2.24) is 0 Å². The lowest BCUT2D eigenvalue weighted by molar-refractivity contribution is -0.118. The molecule has 5 rings (SSSR count). The second-order valence-electron chi connectivity index (χ2n) is 6.57. The molecule has 4 heteroatoms. The van der Waals surface area contributed by atoms with Crippen LogP contribution in [0, 0.1) is 0 Å². The van der Waals surface area contributed by atoms with Crippen molar-refractivity contribution >= 4 is 22.6 Å². The molecule has 1 aromatic heterocycles. The number of anilines is 1. The van der Waals surface area contributed by atoms with E-state index in [0.29, 0.717) is 22.2 Å². The van der Waals surface area contributed by atoms with Crippen LogP contribution >= 0.6 is 0 Å². The minimum Gasteiger partial charge on any atom is -0.422 e. The normalized spacial score (nSPS) is 14.7. The minimum atomic E-state index is -1.25. The van der Waals surface area contributed by atoms with Gasteiger partial charge in [-0.3, -0.25) is 4.79 Å². The van der Waals surface area contributed by atoms with E-state index in [2.05, 4.69) is 5.32 Å². The highest BCUT2D eigenvalue weighted by molar-refractivity contribution is 6.16. The third kappa shape index (κ3) is 2.04. The summed E-state index contributed by atoms with van der Waals surface area (Å²) >= 11 is 0. The molecule has 1 amide bonds. The summed E-state index contributed by atoms with van der Waals surface area (Å²) in [4.78, 5) is 26.5. The molecule has 0 bridgehead atoms. The molecule has 27 heavy (non-hydrogen) atoms. The van der Waals surface area contributed by atoms with Gasteiger partial charge in [0, 0.05) is 5.39 Å². The van der Waals surface area contributed by atoms with E-state index in [1.165, 1.54) is 0 Å². The standard InChI is InChI=1S/C23H15NO3/c25-21-19-20(17-13-7-8-14-18(17)27-21)24-22(26)23(19,15-9-3-1-4-10-15)16-11-5-2-6-12-16/h1-14H,(H,24,26). The van der Waals surface area contributed by atoms with Gasteiger partial charge in [0.1, 0.15) is 11.0 Å². The number of para-hydroxylation sites is 1. The van der Waals surface area contributed by atoms with Crippen LogP contribution in [0.1, 0.15) is 16.7 Å². The predicted molar refractivity (Wildman–Crippen MR) is 104 cm³/mol. The monoisotopic (exact) mass is 353 g/mol. The lowest BCUT2D eigenvalue weighted by atomic mass is 9.70. The van der Waals surface area contributed by atoms with E-state index in [0.717, 1.165) is 11.1 Å². The summed E-state index contributed by atoms with van der Waals surface area (Å²) in [6, 6.07) is 26.0. The number of carbonyl (C=O) groups is 1. The topological polar surface area (TPSA) is 59.3 Å². The molecule has 0 saturated carbocycles. The molecule has 4 aromatic rings. The van der Waals surface area contributed by atoms with Gasteiger partial charge in [-0.25, -0.2) is 4.79 Å². The number of nitrogens with one attached hydrogen (secondary N) is 1. The molecule has 130 valence electrons. The van der Waals surface area contributed by atoms with Gasteiger partial charge in [0.15, 0.2) is 0 Å². The first kappa shape index (κ1) is 15.6. The Morgan fingerprint density at radius 2 is 1.26 bits per heavy atom. The van der Waals surface area contributed by atoms with E-state index in [1.807, 2.05) is 72.8 Å². The highest BCUT2D eigenvalue weighted by Crippen LogP contribution is 2.47. The molecule has 0 unspecified atom stereocenters. The van der Waals surface area contributed by atoms with E-state index in [4.69, 9.17) is 4.42 Å². The molecule has 0 fully saturated rings. The number of benzene rings is 3. The summed E-state index contributed by atoms with van der Waals surface area (Å²) in [6.45, 7) is 0. The fourth-order valence-corrected chi connectivity index (χ4v) is 4.03. The highest BCUT2D eigenvalue weighted by atomic mass is 16.4. The molecule has 0 saturated heterocycles. The average molecular weight is 353 g/mol. The first-order valence-electron chi connectivity index (χ1n) is 8.72. The largest absolute Gasteiger partial charge is 0.422 e. The predicted octanol–water partition coefficient (Wildman–Crippen LogP) is 4.08. The van der Waals surface area contributed by atoms with Gasteiger partial charge in [-0.15, -0.1) is 0 Å². The van der Waals surface area contributed by atoms with E-state index < -0.39 is 11.0 Å². The quantitative estimate of drug-likeness (QED) is 0.553. The van der Waals surface area contributed by atoms with Gasteiger partial charge in [-0.05, 0) is 23.3 Å². The van der Waals surface area contributed by atoms with Crippen molar-refractivity contribution < 1.29 is 9.21 Å². The van der Waals surface area contributed by atoms with Crippen LogP contribution in [0.15, 0.2) is 94.1 Å². The number of amides is 1. The second-order valence-corrected chi connectivity index (χ2v) is 6.57. The Morgan fingerprint density at radius 1 is 0.704 bits per heavy atom. The third-order valence-corrected chi connectivity index (χ3v) is 5.18. The number of hydrogen-bond donors (Lipinski definition) is 1. The van der Waals surface area contributed by atoms with Gasteiger partial charge in [0.05, 0.1) is 11.3 Å². The van der Waals surface area contributed by atoms with Gasteiger partial charge in [-0.1, -0.05) is 72.8 Å². The summed E-state index contributed by atoms with van der Waals surface area (Å²) < 4.78 is 5.60. The molecular formula is C23H15NO3. The second kappa shape index (κ2) is 5.68. The molecule has 1 aliphatic rings. The van der Waals surface area contributed by atoms with Crippen LogP contribution in [0.2, 0.25) is 0 Å². The van der Waals surface area contributed by atoms with Crippen molar-refractivity contribution in [3.63, 3.8) is 0 Å². The van der Waals surface area contributed by atoms with E-state index in [-0.39, 0.29) is 5.91 Å². The fourth-order valence-electron chi connectivity index (χ4n) is 4.03. The zero-order chi connectivity index (χ0) is 18.4. The van der Waals surface area contributed by atoms with E-state index in [9.17, 15) is 9.59 Å². The Kier molecular flexibility index (Phi) is 3.28. The average Bonchev–Trinajstić information content (AvgIpc) is 3.04. The molecule has 0 atom stereocenters. The van der Waals surface area contributed by atoms with Crippen LogP contribution in [0.5, 0.6) is 0 Å². The molecular weight excluding hydrogens is 338 g/mol. The maximum atomic E-state index is 13.5. The molecule has 3 aromatic carbocycles. The maximum absolute atomic E-state index is 13.5. The van der Waals surface area contributed by atoms with Crippen molar-refractivity contribution in [1.29, 1.82) is 0 Å². The number of fused-ring (bicyclic) bond motifs is 3. The Labute approximate surface area is 155 Å². The Hall–Kier alpha value is -3.66. The van der Waals surface area contributed by atoms with Gasteiger partial charge in [0.25, 0.3) is 0 Å². The third-order valence-electron chi connectivity index (χ3n) is 5.18. The smallest absolute Gasteiger partial charge is 0.343 e. The van der Waals surface area contributed by atoms with Crippen molar-refractivity contribution in [2.75, 3.05) is 5.32 Å². The molecule has 2 heterocycles. The number of hydrogen-bond acceptors (Lipinski definition) is 3. The minimum absolute atomic E-state index is 0.251. The lowest BCUT2D eigenvalue weighted by Gasteiger charge is -2.27. The summed E-state index contributed by atoms with van der Waals surface area (Å²) in [5, 5.41) is 3.69. The number of carbonyl (C=O) groups excluding carboxylic acids is 1. The Morgan fingerprint density at radius 3 is 1.89 bits per heavy atom. The SMILES string of the molecule is O=C1Nc2c(c(=O)oc3ccccc23)C1(c1ccccc1)c1ccccc1. The summed E-state index contributed by atoms with van der Waals surface area (Å²) in [5.41, 5.74) is 1.03. The number of rotatable bonds is 2. The Balaban J connectivity index is 1.97. The van der Waals surface area contributed by atoms with Crippen LogP contribution in [0.25, 0.3) is 11.0 Å². The van der Waals surface area contributed by atoms with Gasteiger partial charge in [-0.2, -0.15) is 0 Å². The zero-order valence-corrected chi connectivity index (χ0v) is 14.3. The van der Waals surface area contributed by atoms with Crippen molar-refractivity contribution in [3.8, 4) is 0 Å². The summed E-state index contributed by atoms with van der Waals surface area (Å²) in [6.07, 6.45) is 0. The fraction of sp³-hybridized carbons (Fsp3) is 0.0435. The molecule has 1 N–H and O–H groups in total. The van der Waals surface area contributed by atoms with E-state index >= 15 is 0 Å². The van der Waals surface area contributed by atoms with Crippen molar-refractivity contribution in [3.05, 3.63) is 112 Å². The summed E-state index contributed by atoms with van der Waals surface area (Å²) in [7, 11) is 0. The van der Waals surface area contributed by atoms with Crippen LogP contribution in [-0.2, 0) is 10.2 Å². The first-order chi connectivity index (χ1) is 13.2.